The molecule has 2 aromatic rings. The van der Waals surface area contributed by atoms with Gasteiger partial charge in [-0.2, -0.15) is 4.31 Å². The van der Waals surface area contributed by atoms with Gasteiger partial charge in [0.1, 0.15) is 9.77 Å². The lowest BCUT2D eigenvalue weighted by molar-refractivity contribution is -0.120. The van der Waals surface area contributed by atoms with Crippen molar-refractivity contribution in [3.05, 3.63) is 41.0 Å². The molecule has 0 bridgehead atoms. The number of nitrogens with one attached hydrogen (secondary N) is 1. The highest BCUT2D eigenvalue weighted by Crippen LogP contribution is 2.29. The van der Waals surface area contributed by atoms with Crippen LogP contribution in [0.5, 0.6) is 0 Å². The number of pyridine rings is 1. The Morgan fingerprint density at radius 2 is 2.07 bits per heavy atom. The lowest BCUT2D eigenvalue weighted by Gasteiger charge is -2.30. The molecule has 10 heteroatoms. The number of nitrogens with zero attached hydrogens (tertiary/aromatic N) is 2. The van der Waals surface area contributed by atoms with Gasteiger partial charge in [-0.1, -0.05) is 0 Å². The highest BCUT2D eigenvalue weighted by molar-refractivity contribution is 7.89. The fourth-order valence-corrected chi connectivity index (χ4v) is 5.58. The average Bonchev–Trinajstić information content (AvgIpc) is 3.09. The minimum absolute atomic E-state index is 0.156. The fourth-order valence-electron chi connectivity index (χ4n) is 3.17. The lowest BCUT2D eigenvalue weighted by Crippen LogP contribution is -2.41. The van der Waals surface area contributed by atoms with Crippen LogP contribution < -0.4 is 5.32 Å². The summed E-state index contributed by atoms with van der Waals surface area (Å²) in [5.41, 5.74) is 0.751. The number of sulfonamides is 1. The normalized spacial score (nSPS) is 15.8. The van der Waals surface area contributed by atoms with Gasteiger partial charge in [0.05, 0.1) is 11.6 Å². The molecular formula is C19H23N3O5S2. The zero-order chi connectivity index (χ0) is 21.0. The van der Waals surface area contributed by atoms with E-state index < -0.39 is 16.0 Å². The predicted molar refractivity (Wildman–Crippen MR) is 109 cm³/mol. The van der Waals surface area contributed by atoms with E-state index >= 15 is 0 Å². The first-order valence-electron chi connectivity index (χ1n) is 9.31. The Balaban J connectivity index is 1.60. The standard InChI is InChI=1S/C19H23N3O5S2/c1-3-27-19(24)17-13(2)11-16(28-17)21-18(23)14-6-9-22(10-7-14)29(25,26)15-5-4-8-20-12-15/h4-5,8,11-12,14H,3,6-7,9-10H2,1-2H3,(H,21,23). The summed E-state index contributed by atoms with van der Waals surface area (Å²) in [6.07, 6.45) is 3.71. The zero-order valence-electron chi connectivity index (χ0n) is 16.3. The maximum absolute atomic E-state index is 12.7. The zero-order valence-corrected chi connectivity index (χ0v) is 17.9. The van der Waals surface area contributed by atoms with Crippen LogP contribution in [0.1, 0.15) is 35.0 Å². The summed E-state index contributed by atoms with van der Waals surface area (Å²) in [4.78, 5) is 29.0. The van der Waals surface area contributed by atoms with Gasteiger partial charge in [0, 0.05) is 31.4 Å². The molecule has 8 nitrogen and oxygen atoms in total. The number of amides is 1. The van der Waals surface area contributed by atoms with Crippen molar-refractivity contribution in [2.45, 2.75) is 31.6 Å². The Morgan fingerprint density at radius 3 is 2.69 bits per heavy atom. The van der Waals surface area contributed by atoms with Crippen molar-refractivity contribution < 1.29 is 22.7 Å². The maximum atomic E-state index is 12.7. The maximum Gasteiger partial charge on any atom is 0.348 e. The quantitative estimate of drug-likeness (QED) is 0.697. The number of esters is 1. The summed E-state index contributed by atoms with van der Waals surface area (Å²) < 4.78 is 31.7. The van der Waals surface area contributed by atoms with E-state index in [4.69, 9.17) is 4.74 Å². The molecular weight excluding hydrogens is 414 g/mol. The first-order chi connectivity index (χ1) is 13.8. The molecule has 2 aromatic heterocycles. The number of ether oxygens (including phenoxy) is 1. The number of rotatable bonds is 6. The molecule has 29 heavy (non-hydrogen) atoms. The monoisotopic (exact) mass is 437 g/mol. The first-order valence-corrected chi connectivity index (χ1v) is 11.6. The lowest BCUT2D eigenvalue weighted by atomic mass is 9.97. The minimum Gasteiger partial charge on any atom is -0.462 e. The van der Waals surface area contributed by atoms with Gasteiger partial charge in [-0.15, -0.1) is 11.3 Å². The van der Waals surface area contributed by atoms with Gasteiger partial charge >= 0.3 is 5.97 Å². The van der Waals surface area contributed by atoms with E-state index in [1.807, 2.05) is 0 Å². The van der Waals surface area contributed by atoms with Crippen LogP contribution in [0.4, 0.5) is 5.00 Å². The van der Waals surface area contributed by atoms with E-state index in [1.165, 1.54) is 34.1 Å². The van der Waals surface area contributed by atoms with Gasteiger partial charge in [-0.05, 0) is 50.5 Å². The van der Waals surface area contributed by atoms with Crippen LogP contribution in [0.3, 0.4) is 0 Å². The second-order valence-electron chi connectivity index (χ2n) is 6.70. The summed E-state index contributed by atoms with van der Waals surface area (Å²) in [5, 5.41) is 3.43. The Kier molecular flexibility index (Phi) is 6.66. The average molecular weight is 438 g/mol. The third-order valence-corrected chi connectivity index (χ3v) is 7.74. The molecule has 0 atom stereocenters. The summed E-state index contributed by atoms with van der Waals surface area (Å²) in [7, 11) is -3.60. The molecule has 3 rings (SSSR count). The number of piperidine rings is 1. The molecule has 0 radical (unpaired) electrons. The van der Waals surface area contributed by atoms with Crippen molar-refractivity contribution in [2.75, 3.05) is 25.0 Å². The van der Waals surface area contributed by atoms with E-state index in [1.54, 1.807) is 26.0 Å². The van der Waals surface area contributed by atoms with Crippen molar-refractivity contribution >= 4 is 38.2 Å². The fraction of sp³-hybridized carbons (Fsp3) is 0.421. The second kappa shape index (κ2) is 9.02. The van der Waals surface area contributed by atoms with E-state index in [0.29, 0.717) is 29.3 Å². The van der Waals surface area contributed by atoms with Crippen LogP contribution in [-0.2, 0) is 19.6 Å². The SMILES string of the molecule is CCOC(=O)c1sc(NC(=O)C2CCN(S(=O)(=O)c3cccnc3)CC2)cc1C. The highest BCUT2D eigenvalue weighted by atomic mass is 32.2. The molecule has 0 unspecified atom stereocenters. The van der Waals surface area contributed by atoms with Gasteiger partial charge in [-0.3, -0.25) is 9.78 Å². The minimum atomic E-state index is -3.60. The van der Waals surface area contributed by atoms with Crippen LogP contribution >= 0.6 is 11.3 Å². The number of thiophene rings is 1. The van der Waals surface area contributed by atoms with Gasteiger partial charge in [-0.25, -0.2) is 13.2 Å². The molecule has 0 aliphatic carbocycles. The molecule has 1 aliphatic heterocycles. The molecule has 1 aliphatic rings. The number of hydrogen-bond acceptors (Lipinski definition) is 7. The van der Waals surface area contributed by atoms with E-state index in [9.17, 15) is 18.0 Å². The third-order valence-electron chi connectivity index (χ3n) is 4.72. The molecule has 1 fully saturated rings. The number of carbonyl (C=O) groups is 2. The molecule has 0 aromatic carbocycles. The van der Waals surface area contributed by atoms with Crippen molar-refractivity contribution in [1.29, 1.82) is 0 Å². The Morgan fingerprint density at radius 1 is 1.34 bits per heavy atom. The number of carbonyl (C=O) groups excluding carboxylic acids is 2. The molecule has 1 N–H and O–H groups in total. The Labute approximate surface area is 173 Å². The Hall–Kier alpha value is -2.30. The van der Waals surface area contributed by atoms with E-state index in [0.717, 1.165) is 5.56 Å². The summed E-state index contributed by atoms with van der Waals surface area (Å²) in [5.74, 6) is -0.853. The summed E-state index contributed by atoms with van der Waals surface area (Å²) >= 11 is 1.18. The van der Waals surface area contributed by atoms with Gasteiger partial charge in [0.25, 0.3) is 0 Å². The molecule has 0 spiro atoms. The van der Waals surface area contributed by atoms with E-state index in [2.05, 4.69) is 10.3 Å². The smallest absolute Gasteiger partial charge is 0.348 e. The van der Waals surface area contributed by atoms with Gasteiger partial charge in [0.2, 0.25) is 15.9 Å². The van der Waals surface area contributed by atoms with Crippen molar-refractivity contribution in [3.63, 3.8) is 0 Å². The van der Waals surface area contributed by atoms with Crippen molar-refractivity contribution in [1.82, 2.24) is 9.29 Å². The van der Waals surface area contributed by atoms with Crippen LogP contribution in [0.15, 0.2) is 35.5 Å². The second-order valence-corrected chi connectivity index (χ2v) is 9.69. The van der Waals surface area contributed by atoms with Gasteiger partial charge in [0.15, 0.2) is 0 Å². The van der Waals surface area contributed by atoms with Crippen LogP contribution in [0.2, 0.25) is 0 Å². The number of aryl methyl sites for hydroxylation is 1. The third kappa shape index (κ3) is 4.82. The molecule has 3 heterocycles. The summed E-state index contributed by atoms with van der Waals surface area (Å²) in [6.45, 7) is 4.36. The van der Waals surface area contributed by atoms with E-state index in [-0.39, 0.29) is 29.8 Å². The highest BCUT2D eigenvalue weighted by Gasteiger charge is 2.32. The Bertz CT molecular complexity index is 981. The van der Waals surface area contributed by atoms with Crippen molar-refractivity contribution in [3.8, 4) is 0 Å². The predicted octanol–water partition coefficient (Wildman–Crippen LogP) is 2.67. The molecule has 1 amide bonds. The van der Waals surface area contributed by atoms with Crippen LogP contribution in [0, 0.1) is 12.8 Å². The number of hydrogen-bond donors (Lipinski definition) is 1. The topological polar surface area (TPSA) is 106 Å². The molecule has 0 saturated carbocycles. The van der Waals surface area contributed by atoms with Crippen molar-refractivity contribution in [2.24, 2.45) is 5.92 Å². The van der Waals surface area contributed by atoms with Crippen LogP contribution in [0.25, 0.3) is 0 Å². The molecule has 1 saturated heterocycles. The molecule has 156 valence electrons. The van der Waals surface area contributed by atoms with Crippen LogP contribution in [-0.4, -0.2) is 49.3 Å². The largest absolute Gasteiger partial charge is 0.462 e. The number of anilines is 1. The summed E-state index contributed by atoms with van der Waals surface area (Å²) in [6, 6.07) is 4.85. The first kappa shape index (κ1) is 21.4. The van der Waals surface area contributed by atoms with Gasteiger partial charge < -0.3 is 10.1 Å². The number of aromatic nitrogens is 1.